The van der Waals surface area contributed by atoms with Crippen molar-refractivity contribution < 1.29 is 0 Å². The number of rotatable bonds is 5. The van der Waals surface area contributed by atoms with Crippen LogP contribution in [0.2, 0.25) is 0 Å². The third-order valence-corrected chi connectivity index (χ3v) is 8.67. The van der Waals surface area contributed by atoms with E-state index in [1.807, 2.05) is 36.4 Å². The van der Waals surface area contributed by atoms with E-state index in [4.69, 9.17) is 19.9 Å². The Morgan fingerprint density at radius 3 is 1.79 bits per heavy atom. The lowest BCUT2D eigenvalue weighted by molar-refractivity contribution is 1.07. The van der Waals surface area contributed by atoms with Gasteiger partial charge in [0.05, 0.1) is 11.2 Å². The van der Waals surface area contributed by atoms with Crippen molar-refractivity contribution in [1.29, 1.82) is 0 Å². The first kappa shape index (κ1) is 27.6. The molecule has 0 aliphatic heterocycles. The lowest BCUT2D eigenvalue weighted by Crippen LogP contribution is -2.00. The SMILES string of the molecule is c1cncc(-c2nc(-c3ccncc3)nc(-c3cccc(-c4cccc(-c5nc6ccccc6c6c5ccc5ccccc56)c4)c3)n2)c1. The molecule has 224 valence electrons. The number of hydrogen-bond acceptors (Lipinski definition) is 6. The van der Waals surface area contributed by atoms with Gasteiger partial charge in [0.1, 0.15) is 0 Å². The van der Waals surface area contributed by atoms with E-state index in [9.17, 15) is 0 Å². The Balaban J connectivity index is 1.18. The minimum absolute atomic E-state index is 0.564. The highest BCUT2D eigenvalue weighted by atomic mass is 15.0. The molecular weight excluding hydrogens is 589 g/mol. The minimum Gasteiger partial charge on any atom is -0.265 e. The van der Waals surface area contributed by atoms with Crippen LogP contribution in [0.5, 0.6) is 0 Å². The lowest BCUT2D eigenvalue weighted by atomic mass is 9.94. The molecule has 0 aliphatic rings. The van der Waals surface area contributed by atoms with Crippen molar-refractivity contribution in [2.75, 3.05) is 0 Å². The maximum atomic E-state index is 5.22. The Kier molecular flexibility index (Phi) is 6.68. The van der Waals surface area contributed by atoms with Gasteiger partial charge in [-0.25, -0.2) is 19.9 Å². The van der Waals surface area contributed by atoms with E-state index in [-0.39, 0.29) is 0 Å². The van der Waals surface area contributed by atoms with Gasteiger partial charge < -0.3 is 0 Å². The maximum Gasteiger partial charge on any atom is 0.165 e. The van der Waals surface area contributed by atoms with Crippen molar-refractivity contribution in [3.8, 4) is 56.5 Å². The molecule has 0 spiro atoms. The molecule has 6 nitrogen and oxygen atoms in total. The zero-order valence-corrected chi connectivity index (χ0v) is 25.7. The van der Waals surface area contributed by atoms with Crippen molar-refractivity contribution in [3.05, 3.63) is 158 Å². The summed E-state index contributed by atoms with van der Waals surface area (Å²) in [7, 11) is 0. The number of pyridine rings is 3. The molecule has 0 radical (unpaired) electrons. The Hall–Kier alpha value is -6.66. The summed E-state index contributed by atoms with van der Waals surface area (Å²) >= 11 is 0. The van der Waals surface area contributed by atoms with Crippen LogP contribution in [0.15, 0.2) is 158 Å². The molecule has 6 heteroatoms. The molecule has 0 bridgehead atoms. The largest absolute Gasteiger partial charge is 0.265 e. The van der Waals surface area contributed by atoms with Gasteiger partial charge in [-0.3, -0.25) is 9.97 Å². The highest BCUT2D eigenvalue weighted by Gasteiger charge is 2.15. The molecule has 0 aliphatic carbocycles. The summed E-state index contributed by atoms with van der Waals surface area (Å²) in [4.78, 5) is 28.3. The van der Waals surface area contributed by atoms with Crippen LogP contribution in [0.25, 0.3) is 89.0 Å². The second-order valence-electron chi connectivity index (χ2n) is 11.6. The Morgan fingerprint density at radius 1 is 0.354 bits per heavy atom. The molecule has 0 fully saturated rings. The summed E-state index contributed by atoms with van der Waals surface area (Å²) in [5, 5.41) is 5.97. The molecule has 9 aromatic rings. The van der Waals surface area contributed by atoms with Crippen molar-refractivity contribution in [2.24, 2.45) is 0 Å². The van der Waals surface area contributed by atoms with Gasteiger partial charge in [-0.1, -0.05) is 91.0 Å². The van der Waals surface area contributed by atoms with Crippen LogP contribution in [-0.4, -0.2) is 29.9 Å². The number of fused-ring (bicyclic) bond motifs is 5. The summed E-state index contributed by atoms with van der Waals surface area (Å²) in [6, 6.07) is 46.0. The number of benzene rings is 5. The highest BCUT2D eigenvalue weighted by molar-refractivity contribution is 6.22. The van der Waals surface area contributed by atoms with Crippen LogP contribution in [0, 0.1) is 0 Å². The second kappa shape index (κ2) is 11.6. The molecule has 5 aromatic carbocycles. The number of nitrogens with zero attached hydrogens (tertiary/aromatic N) is 6. The van der Waals surface area contributed by atoms with Crippen molar-refractivity contribution >= 4 is 32.4 Å². The summed E-state index contributed by atoms with van der Waals surface area (Å²) in [6.07, 6.45) is 6.99. The first-order valence-corrected chi connectivity index (χ1v) is 15.8. The molecule has 48 heavy (non-hydrogen) atoms. The van der Waals surface area contributed by atoms with Gasteiger partial charge in [0.15, 0.2) is 17.5 Å². The summed E-state index contributed by atoms with van der Waals surface area (Å²) in [5.74, 6) is 1.73. The zero-order chi connectivity index (χ0) is 31.9. The quantitative estimate of drug-likeness (QED) is 0.180. The normalized spacial score (nSPS) is 11.3. The Labute approximate surface area is 276 Å². The van der Waals surface area contributed by atoms with E-state index in [1.165, 1.54) is 16.2 Å². The molecule has 0 unspecified atom stereocenters. The van der Waals surface area contributed by atoms with Crippen LogP contribution in [0.1, 0.15) is 0 Å². The molecule has 0 saturated heterocycles. The molecule has 4 aromatic heterocycles. The molecule has 4 heterocycles. The van der Waals surface area contributed by atoms with E-state index in [0.29, 0.717) is 17.5 Å². The first-order chi connectivity index (χ1) is 23.8. The average molecular weight is 615 g/mol. The van der Waals surface area contributed by atoms with E-state index in [0.717, 1.165) is 55.4 Å². The smallest absolute Gasteiger partial charge is 0.165 e. The average Bonchev–Trinajstić information content (AvgIpc) is 3.18. The van der Waals surface area contributed by atoms with Gasteiger partial charge in [-0.05, 0) is 64.4 Å². The molecule has 0 N–H and O–H groups in total. The summed E-state index contributed by atoms with van der Waals surface area (Å²) in [5.41, 5.74) is 7.71. The van der Waals surface area contributed by atoms with Crippen molar-refractivity contribution in [3.63, 3.8) is 0 Å². The predicted octanol–water partition coefficient (Wildman–Crippen LogP) is 9.85. The molecular formula is C42H26N6. The van der Waals surface area contributed by atoms with Gasteiger partial charge >= 0.3 is 0 Å². The van der Waals surface area contributed by atoms with E-state index < -0.39 is 0 Å². The Morgan fingerprint density at radius 2 is 1.00 bits per heavy atom. The fraction of sp³-hybridized carbons (Fsp3) is 0. The van der Waals surface area contributed by atoms with E-state index in [1.54, 1.807) is 24.8 Å². The van der Waals surface area contributed by atoms with Crippen LogP contribution in [0.3, 0.4) is 0 Å². The molecule has 0 amide bonds. The topological polar surface area (TPSA) is 77.3 Å². The monoisotopic (exact) mass is 614 g/mol. The maximum absolute atomic E-state index is 5.22. The van der Waals surface area contributed by atoms with Crippen molar-refractivity contribution in [2.45, 2.75) is 0 Å². The van der Waals surface area contributed by atoms with Gasteiger partial charge in [-0.15, -0.1) is 0 Å². The van der Waals surface area contributed by atoms with Gasteiger partial charge in [-0.2, -0.15) is 0 Å². The molecule has 0 atom stereocenters. The van der Waals surface area contributed by atoms with E-state index >= 15 is 0 Å². The van der Waals surface area contributed by atoms with Gasteiger partial charge in [0.2, 0.25) is 0 Å². The van der Waals surface area contributed by atoms with Gasteiger partial charge in [0.25, 0.3) is 0 Å². The summed E-state index contributed by atoms with van der Waals surface area (Å²) < 4.78 is 0. The van der Waals surface area contributed by atoms with Crippen LogP contribution < -0.4 is 0 Å². The first-order valence-electron chi connectivity index (χ1n) is 15.8. The lowest BCUT2D eigenvalue weighted by Gasteiger charge is -2.14. The number of aromatic nitrogens is 6. The third-order valence-electron chi connectivity index (χ3n) is 8.67. The molecule has 9 rings (SSSR count). The van der Waals surface area contributed by atoms with E-state index in [2.05, 4.69) is 107 Å². The standard InChI is InChI=1S/C42H26N6/c1-2-14-34-27(8-1)17-18-36-38(34)35-15-3-4-16-37(35)45-39(36)31-11-5-9-29(24-31)30-10-6-12-32(25-30)41-46-40(28-19-22-43-23-20-28)47-42(48-41)33-13-7-21-44-26-33/h1-26H. The summed E-state index contributed by atoms with van der Waals surface area (Å²) in [6.45, 7) is 0. The van der Waals surface area contributed by atoms with Crippen LogP contribution >= 0.6 is 0 Å². The predicted molar refractivity (Wildman–Crippen MR) is 193 cm³/mol. The fourth-order valence-electron chi connectivity index (χ4n) is 6.39. The third kappa shape index (κ3) is 4.93. The number of hydrogen-bond donors (Lipinski definition) is 0. The fourth-order valence-corrected chi connectivity index (χ4v) is 6.39. The molecule has 0 saturated carbocycles. The zero-order valence-electron chi connectivity index (χ0n) is 25.7. The second-order valence-corrected chi connectivity index (χ2v) is 11.6. The van der Waals surface area contributed by atoms with Crippen LogP contribution in [0.4, 0.5) is 0 Å². The Bertz CT molecular complexity index is 2550. The number of para-hydroxylation sites is 1. The van der Waals surface area contributed by atoms with Crippen LogP contribution in [-0.2, 0) is 0 Å². The van der Waals surface area contributed by atoms with Gasteiger partial charge in [0, 0.05) is 63.2 Å². The highest BCUT2D eigenvalue weighted by Crippen LogP contribution is 2.38. The minimum atomic E-state index is 0.564. The van der Waals surface area contributed by atoms with Crippen molar-refractivity contribution in [1.82, 2.24) is 29.9 Å².